The molecule has 12 heteroatoms. The van der Waals surface area contributed by atoms with E-state index in [4.69, 9.17) is 37.9 Å². The molecule has 0 radical (unpaired) electrons. The summed E-state index contributed by atoms with van der Waals surface area (Å²) in [5, 5.41) is 31.2. The van der Waals surface area contributed by atoms with Crippen LogP contribution in [0, 0.1) is 11.8 Å². The Morgan fingerprint density at radius 1 is 0.827 bits per heavy atom. The molecule has 52 heavy (non-hydrogen) atoms. The van der Waals surface area contributed by atoms with E-state index in [9.17, 15) is 20.1 Å². The third kappa shape index (κ3) is 7.48. The number of ketones is 1. The molecule has 8 rings (SSSR count). The summed E-state index contributed by atoms with van der Waals surface area (Å²) in [4.78, 5) is 14.0. The Labute approximate surface area is 307 Å². The average Bonchev–Trinajstić information content (AvgIpc) is 3.72. The molecular formula is C40H60O12. The first kappa shape index (κ1) is 37.6. The molecular weight excluding hydrogens is 672 g/mol. The Morgan fingerprint density at radius 3 is 2.42 bits per heavy atom. The monoisotopic (exact) mass is 732 g/mol. The van der Waals surface area contributed by atoms with Crippen LogP contribution >= 0.6 is 0 Å². The van der Waals surface area contributed by atoms with Crippen LogP contribution in [0.5, 0.6) is 0 Å². The van der Waals surface area contributed by atoms with Crippen LogP contribution in [0.2, 0.25) is 0 Å². The lowest BCUT2D eigenvalue weighted by Crippen LogP contribution is -2.58. The summed E-state index contributed by atoms with van der Waals surface area (Å²) in [6, 6.07) is 0. The van der Waals surface area contributed by atoms with Gasteiger partial charge in [0.1, 0.15) is 18.0 Å². The number of ether oxygens (including phenoxy) is 8. The average molecular weight is 733 g/mol. The first-order chi connectivity index (χ1) is 25.0. The fourth-order valence-electron chi connectivity index (χ4n) is 10.8. The van der Waals surface area contributed by atoms with E-state index in [0.29, 0.717) is 32.1 Å². The molecule has 8 aliphatic heterocycles. The predicted molar refractivity (Wildman–Crippen MR) is 186 cm³/mol. The summed E-state index contributed by atoms with van der Waals surface area (Å²) in [5.74, 6) is -0.909. The topological polar surface area (TPSA) is 152 Å². The van der Waals surface area contributed by atoms with Crippen molar-refractivity contribution in [2.45, 2.75) is 194 Å². The summed E-state index contributed by atoms with van der Waals surface area (Å²) in [5.41, 5.74) is 2.13. The standard InChI is InChI=1S/C40H60O12/c1-20-11-25-5-7-30-21(2)12-27(46-30)9-10-40-18-29(44)38(52-40)35-17-36(51-40)39-31(49-35)8-6-26(48-39)13-23(42)14-28-33(16-32(47-25)22(20)3)50-34(37(28)45-4)15-24(43)19-41/h20,24-39,41,43-44H,2-3,5-19H2,1,4H3/t20-,24+,25+,26-,27+,28+,29-,30+,31+,32-,33+,34-,35-,36-,37-,38+,39+,40-/m1/s1. The van der Waals surface area contributed by atoms with Crippen molar-refractivity contribution in [3.8, 4) is 0 Å². The van der Waals surface area contributed by atoms with Crippen LogP contribution in [0.25, 0.3) is 0 Å². The number of Topliss-reactive ketones (excluding diaryl/α,β-unsaturated/α-hetero) is 1. The Kier molecular flexibility index (Phi) is 11.1. The fraction of sp³-hybridized carbons (Fsp3) is 0.875. The highest BCUT2D eigenvalue weighted by molar-refractivity contribution is 5.79. The van der Waals surface area contributed by atoms with Crippen LogP contribution in [0.15, 0.2) is 24.3 Å². The zero-order valence-corrected chi connectivity index (χ0v) is 30.9. The lowest BCUT2D eigenvalue weighted by atomic mass is 9.81. The number of hydrogen-bond donors (Lipinski definition) is 3. The quantitative estimate of drug-likeness (QED) is 0.363. The van der Waals surface area contributed by atoms with Gasteiger partial charge in [-0.25, -0.2) is 0 Å². The zero-order chi connectivity index (χ0) is 36.3. The molecule has 292 valence electrons. The normalized spacial score (nSPS) is 50.4. The highest BCUT2D eigenvalue weighted by Gasteiger charge is 2.59. The maximum atomic E-state index is 14.0. The second-order valence-corrected chi connectivity index (χ2v) is 17.2. The Hall–Kier alpha value is -1.29. The molecule has 8 saturated heterocycles. The van der Waals surface area contributed by atoms with Gasteiger partial charge < -0.3 is 53.2 Å². The van der Waals surface area contributed by atoms with Gasteiger partial charge in [-0.05, 0) is 62.0 Å². The number of hydrogen-bond acceptors (Lipinski definition) is 12. The molecule has 18 atom stereocenters. The van der Waals surface area contributed by atoms with Crippen molar-refractivity contribution < 1.29 is 58.0 Å². The second-order valence-electron chi connectivity index (χ2n) is 17.2. The van der Waals surface area contributed by atoms with Crippen molar-refractivity contribution in [2.75, 3.05) is 13.7 Å². The third-order valence-electron chi connectivity index (χ3n) is 13.5. The molecule has 8 fully saturated rings. The Morgan fingerprint density at radius 2 is 1.62 bits per heavy atom. The Balaban J connectivity index is 1.06. The van der Waals surface area contributed by atoms with Crippen molar-refractivity contribution in [1.29, 1.82) is 0 Å². The van der Waals surface area contributed by atoms with Crippen molar-refractivity contribution in [1.82, 2.24) is 0 Å². The number of carbonyl (C=O) groups excluding carboxylic acids is 1. The fourth-order valence-corrected chi connectivity index (χ4v) is 10.8. The summed E-state index contributed by atoms with van der Waals surface area (Å²) >= 11 is 0. The SMILES string of the molecule is C=C1C[C@@H]2CC[C@]34C[C@@H](O)[C@H](O3)[C@H]3C[C@@H](O4)[C@H]4O[C@H](CC[C@@H]4O3)CC(=O)C[C@@H]3[C@@H](OC)[C@@H](C[C@H](O)CO)O[C@H]3C[C@H]3O[C@@H](CC[C@@H]1O2)C[C@@H](C)C3=C. The summed E-state index contributed by atoms with van der Waals surface area (Å²) in [6.45, 7) is 10.7. The molecule has 0 unspecified atom stereocenters. The molecule has 0 aliphatic carbocycles. The number of fused-ring (bicyclic) bond motifs is 9. The number of rotatable bonds is 4. The molecule has 0 amide bonds. The van der Waals surface area contributed by atoms with Gasteiger partial charge in [0.2, 0.25) is 0 Å². The van der Waals surface area contributed by atoms with E-state index >= 15 is 0 Å². The molecule has 0 aromatic rings. The van der Waals surface area contributed by atoms with Gasteiger partial charge in [-0.3, -0.25) is 4.79 Å². The lowest BCUT2D eigenvalue weighted by Gasteiger charge is -2.47. The van der Waals surface area contributed by atoms with Crippen molar-refractivity contribution in [3.05, 3.63) is 24.3 Å². The van der Waals surface area contributed by atoms with E-state index in [-0.39, 0.29) is 105 Å². The molecule has 3 N–H and O–H groups in total. The molecule has 0 saturated carbocycles. The van der Waals surface area contributed by atoms with Gasteiger partial charge in [0.25, 0.3) is 0 Å². The first-order valence-electron chi connectivity index (χ1n) is 20.0. The van der Waals surface area contributed by atoms with Crippen LogP contribution in [-0.4, -0.2) is 132 Å². The van der Waals surface area contributed by atoms with Crippen molar-refractivity contribution in [2.24, 2.45) is 11.8 Å². The van der Waals surface area contributed by atoms with Gasteiger partial charge in [0.05, 0.1) is 86.0 Å². The minimum atomic E-state index is -0.957. The Bertz CT molecular complexity index is 1330. The van der Waals surface area contributed by atoms with E-state index < -0.39 is 36.3 Å². The largest absolute Gasteiger partial charge is 0.394 e. The van der Waals surface area contributed by atoms with Gasteiger partial charge in [-0.15, -0.1) is 0 Å². The zero-order valence-electron chi connectivity index (χ0n) is 30.9. The summed E-state index contributed by atoms with van der Waals surface area (Å²) in [6.07, 6.45) is 3.06. The van der Waals surface area contributed by atoms with Crippen molar-refractivity contribution in [3.63, 3.8) is 0 Å². The van der Waals surface area contributed by atoms with Gasteiger partial charge >= 0.3 is 0 Å². The number of aliphatic hydroxyl groups is 3. The van der Waals surface area contributed by atoms with E-state index in [0.717, 1.165) is 49.7 Å². The van der Waals surface area contributed by atoms with Crippen LogP contribution < -0.4 is 0 Å². The van der Waals surface area contributed by atoms with Crippen LogP contribution in [0.1, 0.15) is 96.8 Å². The van der Waals surface area contributed by atoms with Crippen LogP contribution in [0.3, 0.4) is 0 Å². The van der Waals surface area contributed by atoms with Crippen LogP contribution in [0.4, 0.5) is 0 Å². The van der Waals surface area contributed by atoms with Gasteiger partial charge in [0.15, 0.2) is 5.79 Å². The van der Waals surface area contributed by atoms with E-state index in [2.05, 4.69) is 20.1 Å². The molecule has 8 heterocycles. The van der Waals surface area contributed by atoms with E-state index in [1.807, 2.05) is 0 Å². The molecule has 8 aliphatic rings. The van der Waals surface area contributed by atoms with Crippen LogP contribution in [-0.2, 0) is 42.7 Å². The highest BCUT2D eigenvalue weighted by Crippen LogP contribution is 2.49. The van der Waals surface area contributed by atoms with Gasteiger partial charge in [-0.2, -0.15) is 0 Å². The molecule has 1 spiro atoms. The summed E-state index contributed by atoms with van der Waals surface area (Å²) < 4.78 is 52.7. The van der Waals surface area contributed by atoms with Crippen molar-refractivity contribution >= 4 is 5.78 Å². The van der Waals surface area contributed by atoms with E-state index in [1.54, 1.807) is 7.11 Å². The van der Waals surface area contributed by atoms with E-state index in [1.165, 1.54) is 0 Å². The first-order valence-corrected chi connectivity index (χ1v) is 20.0. The number of carbonyl (C=O) groups is 1. The molecule has 0 aromatic carbocycles. The minimum Gasteiger partial charge on any atom is -0.394 e. The van der Waals surface area contributed by atoms with Gasteiger partial charge in [-0.1, -0.05) is 20.1 Å². The maximum absolute atomic E-state index is 14.0. The minimum absolute atomic E-state index is 0.0101. The smallest absolute Gasteiger partial charge is 0.172 e. The second kappa shape index (κ2) is 15.3. The molecule has 12 nitrogen and oxygen atoms in total. The van der Waals surface area contributed by atoms with Gasteiger partial charge in [0, 0.05) is 58.0 Å². The molecule has 10 bridgehead atoms. The highest BCUT2D eigenvalue weighted by atomic mass is 16.7. The predicted octanol–water partition coefficient (Wildman–Crippen LogP) is 3.46. The number of aliphatic hydroxyl groups excluding tert-OH is 3. The molecule has 0 aromatic heterocycles. The number of methoxy groups -OCH3 is 1. The maximum Gasteiger partial charge on any atom is 0.172 e. The third-order valence-corrected chi connectivity index (χ3v) is 13.5. The lowest BCUT2D eigenvalue weighted by molar-refractivity contribution is -0.277. The summed E-state index contributed by atoms with van der Waals surface area (Å²) in [7, 11) is 1.62.